The van der Waals surface area contributed by atoms with Gasteiger partial charge in [0.2, 0.25) is 0 Å². The zero-order valence-electron chi connectivity index (χ0n) is 26.2. The Morgan fingerprint density at radius 3 is 1.82 bits per heavy atom. The molecule has 0 unspecified atom stereocenters. The van der Waals surface area contributed by atoms with Crippen molar-refractivity contribution in [3.8, 4) is 22.6 Å². The molecule has 0 radical (unpaired) electrons. The van der Waals surface area contributed by atoms with Crippen molar-refractivity contribution in [2.24, 2.45) is 0 Å². The minimum absolute atomic E-state index is 0.652. The summed E-state index contributed by atoms with van der Waals surface area (Å²) < 4.78 is 9.21. The van der Waals surface area contributed by atoms with Crippen molar-refractivity contribution in [2.75, 3.05) is 4.90 Å². The Morgan fingerprint density at radius 2 is 1.08 bits per heavy atom. The lowest BCUT2D eigenvalue weighted by molar-refractivity contribution is 0.673. The molecule has 0 bridgehead atoms. The van der Waals surface area contributed by atoms with Crippen LogP contribution in [0, 0.1) is 0 Å². The fourth-order valence-electron chi connectivity index (χ4n) is 7.05. The van der Waals surface area contributed by atoms with Crippen LogP contribution in [0.15, 0.2) is 168 Å². The first kappa shape index (κ1) is 27.8. The van der Waals surface area contributed by atoms with Crippen LogP contribution in [0.2, 0.25) is 0 Å². The summed E-state index contributed by atoms with van der Waals surface area (Å²) in [5, 5.41) is 5.38. The zero-order chi connectivity index (χ0) is 32.3. The minimum atomic E-state index is 0.652. The van der Waals surface area contributed by atoms with Gasteiger partial charge in [-0.1, -0.05) is 121 Å². The van der Waals surface area contributed by atoms with Gasteiger partial charge in [0.15, 0.2) is 5.82 Å². The summed E-state index contributed by atoms with van der Waals surface area (Å²) >= 11 is 1.74. The number of hydrogen-bond acceptors (Lipinski definition) is 5. The summed E-state index contributed by atoms with van der Waals surface area (Å²) in [6.45, 7) is 0. The van der Waals surface area contributed by atoms with Crippen LogP contribution >= 0.6 is 11.3 Å². The number of thiophene rings is 1. The van der Waals surface area contributed by atoms with E-state index in [4.69, 9.17) is 14.4 Å². The molecule has 0 aliphatic carbocycles. The maximum atomic E-state index is 6.93. The Kier molecular flexibility index (Phi) is 6.32. The molecule has 0 spiro atoms. The normalized spacial score (nSPS) is 11.7. The van der Waals surface area contributed by atoms with Gasteiger partial charge in [0.25, 0.3) is 0 Å². The molecular formula is C44H27N3OS. The molecule has 4 nitrogen and oxygen atoms in total. The summed E-state index contributed by atoms with van der Waals surface area (Å²) in [7, 11) is 0. The van der Waals surface area contributed by atoms with Crippen LogP contribution < -0.4 is 4.90 Å². The first-order valence-electron chi connectivity index (χ1n) is 16.3. The van der Waals surface area contributed by atoms with E-state index in [1.807, 2.05) is 6.07 Å². The van der Waals surface area contributed by atoms with Gasteiger partial charge in [0.1, 0.15) is 11.2 Å². The van der Waals surface area contributed by atoms with Crippen molar-refractivity contribution in [1.82, 2.24) is 9.97 Å². The molecule has 7 aromatic carbocycles. The Balaban J connectivity index is 1.26. The van der Waals surface area contributed by atoms with Crippen LogP contribution in [0.3, 0.4) is 0 Å². The van der Waals surface area contributed by atoms with Gasteiger partial charge >= 0.3 is 0 Å². The number of anilines is 3. The lowest BCUT2D eigenvalue weighted by atomic mass is 10.0. The second-order valence-corrected chi connectivity index (χ2v) is 13.2. The van der Waals surface area contributed by atoms with E-state index < -0.39 is 0 Å². The summed E-state index contributed by atoms with van der Waals surface area (Å²) in [5.74, 6) is 0.652. The number of benzene rings is 7. The number of fused-ring (bicyclic) bond motifs is 8. The van der Waals surface area contributed by atoms with Gasteiger partial charge in [-0.3, -0.25) is 0 Å². The lowest BCUT2D eigenvalue weighted by Crippen LogP contribution is -2.10. The van der Waals surface area contributed by atoms with E-state index >= 15 is 0 Å². The molecule has 0 aliphatic rings. The summed E-state index contributed by atoms with van der Waals surface area (Å²) in [4.78, 5) is 12.9. The first-order valence-corrected chi connectivity index (χ1v) is 17.2. The molecule has 0 atom stereocenters. The fourth-order valence-corrected chi connectivity index (χ4v) is 8.20. The molecule has 0 aliphatic heterocycles. The monoisotopic (exact) mass is 645 g/mol. The molecule has 0 saturated carbocycles. The predicted octanol–water partition coefficient (Wildman–Crippen LogP) is 12.7. The van der Waals surface area contributed by atoms with Crippen molar-refractivity contribution in [3.63, 3.8) is 0 Å². The third-order valence-corrected chi connectivity index (χ3v) is 10.4. The van der Waals surface area contributed by atoms with Crippen molar-refractivity contribution in [1.29, 1.82) is 0 Å². The Bertz CT molecular complexity index is 2790. The highest BCUT2D eigenvalue weighted by molar-refractivity contribution is 7.26. The highest BCUT2D eigenvalue weighted by Crippen LogP contribution is 2.46. The van der Waals surface area contributed by atoms with Gasteiger partial charge in [-0.25, -0.2) is 9.97 Å². The number of hydrogen-bond donors (Lipinski definition) is 0. The van der Waals surface area contributed by atoms with E-state index in [1.54, 1.807) is 11.3 Å². The van der Waals surface area contributed by atoms with E-state index in [0.717, 1.165) is 82.2 Å². The first-order chi connectivity index (χ1) is 24.3. The van der Waals surface area contributed by atoms with Crippen LogP contribution in [0.4, 0.5) is 17.1 Å². The molecule has 49 heavy (non-hydrogen) atoms. The fraction of sp³-hybridized carbons (Fsp3) is 0. The van der Waals surface area contributed by atoms with E-state index in [0.29, 0.717) is 5.82 Å². The highest BCUT2D eigenvalue weighted by atomic mass is 32.1. The molecule has 3 heterocycles. The predicted molar refractivity (Wildman–Crippen MR) is 205 cm³/mol. The molecule has 0 amide bonds. The number of nitrogens with zero attached hydrogens (tertiary/aromatic N) is 3. The minimum Gasteiger partial charge on any atom is -0.455 e. The second-order valence-electron chi connectivity index (χ2n) is 12.1. The van der Waals surface area contributed by atoms with Gasteiger partial charge in [0, 0.05) is 48.6 Å². The molecule has 10 rings (SSSR count). The number of aromatic nitrogens is 2. The van der Waals surface area contributed by atoms with E-state index in [2.05, 4.69) is 163 Å². The maximum Gasteiger partial charge on any atom is 0.164 e. The highest BCUT2D eigenvalue weighted by Gasteiger charge is 2.23. The van der Waals surface area contributed by atoms with E-state index in [-0.39, 0.29) is 0 Å². The summed E-state index contributed by atoms with van der Waals surface area (Å²) in [6, 6.07) is 57.1. The van der Waals surface area contributed by atoms with Gasteiger partial charge in [-0.05, 0) is 42.5 Å². The summed E-state index contributed by atoms with van der Waals surface area (Å²) in [5.41, 5.74) is 8.73. The smallest absolute Gasteiger partial charge is 0.164 e. The third-order valence-electron chi connectivity index (χ3n) is 9.26. The molecule has 0 saturated heterocycles. The van der Waals surface area contributed by atoms with Crippen LogP contribution in [0.1, 0.15) is 0 Å². The maximum absolute atomic E-state index is 6.93. The number of para-hydroxylation sites is 3. The van der Waals surface area contributed by atoms with Crippen LogP contribution in [0.5, 0.6) is 0 Å². The topological polar surface area (TPSA) is 42.2 Å². The van der Waals surface area contributed by atoms with Gasteiger partial charge in [0.05, 0.1) is 27.2 Å². The molecule has 0 N–H and O–H groups in total. The second kappa shape index (κ2) is 11.2. The molecule has 5 heteroatoms. The molecule has 0 fully saturated rings. The molecule has 10 aromatic rings. The summed E-state index contributed by atoms with van der Waals surface area (Å²) in [6.07, 6.45) is 0. The Labute approximate surface area is 286 Å². The Hall–Kier alpha value is -6.30. The molecular weight excluding hydrogens is 619 g/mol. The van der Waals surface area contributed by atoms with E-state index in [9.17, 15) is 0 Å². The zero-order valence-corrected chi connectivity index (χ0v) is 27.1. The van der Waals surface area contributed by atoms with Crippen molar-refractivity contribution < 1.29 is 4.42 Å². The molecule has 3 aromatic heterocycles. The Morgan fingerprint density at radius 1 is 0.490 bits per heavy atom. The average Bonchev–Trinajstić information content (AvgIpc) is 3.75. The lowest BCUT2D eigenvalue weighted by Gasteiger charge is -2.27. The number of furan rings is 1. The van der Waals surface area contributed by atoms with Crippen LogP contribution in [0.25, 0.3) is 75.7 Å². The largest absolute Gasteiger partial charge is 0.455 e. The molecule has 230 valence electrons. The van der Waals surface area contributed by atoms with Crippen LogP contribution in [-0.2, 0) is 0 Å². The van der Waals surface area contributed by atoms with Crippen LogP contribution in [-0.4, -0.2) is 9.97 Å². The van der Waals surface area contributed by atoms with Crippen molar-refractivity contribution in [2.45, 2.75) is 0 Å². The SMILES string of the molecule is c1ccc(-c2nc(-c3cccc4c3oc3c5ccccc5c(N(c5ccccc5)c5ccccc5)cc43)nc3c2sc2ccccc23)cc1. The van der Waals surface area contributed by atoms with Gasteiger partial charge < -0.3 is 9.32 Å². The quantitative estimate of drug-likeness (QED) is 0.187. The third kappa shape index (κ3) is 4.44. The van der Waals surface area contributed by atoms with Gasteiger partial charge in [-0.15, -0.1) is 11.3 Å². The van der Waals surface area contributed by atoms with E-state index in [1.165, 1.54) is 4.70 Å². The van der Waals surface area contributed by atoms with Crippen molar-refractivity contribution in [3.05, 3.63) is 164 Å². The van der Waals surface area contributed by atoms with Gasteiger partial charge in [-0.2, -0.15) is 0 Å². The van der Waals surface area contributed by atoms with Crippen molar-refractivity contribution >= 4 is 81.4 Å². The number of rotatable bonds is 5. The average molecular weight is 646 g/mol. The standard InChI is InChI=1S/C44H27N3OS/c1-4-15-28(16-5-1)39-43-40(34-23-12-13-26-38(34)49-43)46-44(45-39)35-25-14-24-33-36-27-37(31-21-10-11-22-32(31)42(36)48-41(33)35)47(29-17-6-2-7-18-29)30-19-8-3-9-20-30/h1-27H.